The summed E-state index contributed by atoms with van der Waals surface area (Å²) in [5.41, 5.74) is 0.793. The Kier molecular flexibility index (Phi) is 3.81. The number of aromatic amines is 1. The summed E-state index contributed by atoms with van der Waals surface area (Å²) < 4.78 is 6.42. The molecule has 3 heterocycles. The second kappa shape index (κ2) is 6.12. The zero-order valence-electron chi connectivity index (χ0n) is 13.2. The molecule has 0 radical (unpaired) electrons. The summed E-state index contributed by atoms with van der Waals surface area (Å²) in [6, 6.07) is 9.25. The normalized spacial score (nSPS) is 15.0. The molecule has 4 rings (SSSR count). The van der Waals surface area contributed by atoms with Crippen LogP contribution in [0, 0.1) is 0 Å². The summed E-state index contributed by atoms with van der Waals surface area (Å²) in [6.45, 7) is 3.44. The van der Waals surface area contributed by atoms with E-state index in [1.165, 1.54) is 6.07 Å². The molecule has 3 aromatic rings. The van der Waals surface area contributed by atoms with Gasteiger partial charge in [0, 0.05) is 38.3 Å². The lowest BCUT2D eigenvalue weighted by atomic mass is 10.3. The van der Waals surface area contributed by atoms with Crippen LogP contribution in [0.2, 0.25) is 0 Å². The highest BCUT2D eigenvalue weighted by molar-refractivity contribution is 7.22. The van der Waals surface area contributed by atoms with Crippen LogP contribution in [-0.2, 0) is 0 Å². The SMILES string of the molecule is COc1ccc2sc(N3CCN(c4ccc(=O)[nH]n4)CC3)nc2c1. The highest BCUT2D eigenvalue weighted by atomic mass is 32.1. The van der Waals surface area contributed by atoms with Crippen LogP contribution in [0.25, 0.3) is 10.2 Å². The summed E-state index contributed by atoms with van der Waals surface area (Å²) in [5.74, 6) is 1.64. The molecule has 0 saturated carbocycles. The number of H-pyrrole nitrogens is 1. The van der Waals surface area contributed by atoms with Gasteiger partial charge in [0.25, 0.3) is 5.56 Å². The predicted molar refractivity (Wildman–Crippen MR) is 95.5 cm³/mol. The van der Waals surface area contributed by atoms with E-state index in [1.54, 1.807) is 24.5 Å². The molecule has 1 N–H and O–H groups in total. The Morgan fingerprint density at radius 2 is 1.92 bits per heavy atom. The maximum absolute atomic E-state index is 11.1. The first-order chi connectivity index (χ1) is 11.7. The monoisotopic (exact) mass is 343 g/mol. The minimum atomic E-state index is -0.178. The van der Waals surface area contributed by atoms with Crippen LogP contribution in [0.3, 0.4) is 0 Å². The highest BCUT2D eigenvalue weighted by Gasteiger charge is 2.21. The Labute approximate surface area is 142 Å². The van der Waals surface area contributed by atoms with E-state index in [0.29, 0.717) is 0 Å². The van der Waals surface area contributed by atoms with E-state index in [0.717, 1.165) is 53.1 Å². The lowest BCUT2D eigenvalue weighted by molar-refractivity contribution is 0.415. The molecule has 124 valence electrons. The maximum atomic E-state index is 11.1. The molecule has 1 aliphatic heterocycles. The fourth-order valence-corrected chi connectivity index (χ4v) is 3.79. The number of rotatable bonds is 3. The quantitative estimate of drug-likeness (QED) is 0.780. The zero-order chi connectivity index (χ0) is 16.5. The van der Waals surface area contributed by atoms with Gasteiger partial charge in [-0.05, 0) is 18.2 Å². The van der Waals surface area contributed by atoms with E-state index < -0.39 is 0 Å². The number of piperazine rings is 1. The Morgan fingerprint density at radius 3 is 2.62 bits per heavy atom. The fourth-order valence-electron chi connectivity index (χ4n) is 2.80. The van der Waals surface area contributed by atoms with E-state index in [-0.39, 0.29) is 5.56 Å². The number of hydrogen-bond acceptors (Lipinski definition) is 7. The van der Waals surface area contributed by atoms with Gasteiger partial charge in [0.15, 0.2) is 5.13 Å². The number of aromatic nitrogens is 3. The minimum absolute atomic E-state index is 0.178. The number of nitrogens with one attached hydrogen (secondary N) is 1. The molecule has 2 aromatic heterocycles. The molecular weight excluding hydrogens is 326 g/mol. The molecule has 0 atom stereocenters. The standard InChI is InChI=1S/C16H17N5O2S/c1-23-11-2-3-13-12(10-11)17-16(24-13)21-8-6-20(7-9-21)14-4-5-15(22)19-18-14/h2-5,10H,6-9H2,1H3,(H,19,22). The third-order valence-corrected chi connectivity index (χ3v) is 5.22. The summed E-state index contributed by atoms with van der Waals surface area (Å²) in [5, 5.41) is 7.62. The van der Waals surface area contributed by atoms with Crippen molar-refractivity contribution in [3.63, 3.8) is 0 Å². The molecule has 1 saturated heterocycles. The van der Waals surface area contributed by atoms with Crippen LogP contribution in [0.4, 0.5) is 10.9 Å². The Bertz CT molecular complexity index is 894. The second-order valence-electron chi connectivity index (χ2n) is 5.58. The molecule has 24 heavy (non-hydrogen) atoms. The Morgan fingerprint density at radius 1 is 1.12 bits per heavy atom. The van der Waals surface area contributed by atoms with Crippen LogP contribution in [0.1, 0.15) is 0 Å². The molecule has 8 heteroatoms. The first-order valence-corrected chi connectivity index (χ1v) is 8.55. The lowest BCUT2D eigenvalue weighted by Gasteiger charge is -2.34. The van der Waals surface area contributed by atoms with Gasteiger partial charge in [-0.25, -0.2) is 10.1 Å². The number of fused-ring (bicyclic) bond motifs is 1. The summed E-state index contributed by atoms with van der Waals surface area (Å²) >= 11 is 1.70. The van der Waals surface area contributed by atoms with Crippen molar-refractivity contribution >= 4 is 32.5 Å². The van der Waals surface area contributed by atoms with Gasteiger partial charge in [-0.3, -0.25) is 4.79 Å². The smallest absolute Gasteiger partial charge is 0.264 e. The summed E-state index contributed by atoms with van der Waals surface area (Å²) in [6.07, 6.45) is 0. The van der Waals surface area contributed by atoms with Crippen molar-refractivity contribution in [1.82, 2.24) is 15.2 Å². The Hall–Kier alpha value is -2.61. The molecule has 0 bridgehead atoms. The van der Waals surface area contributed by atoms with E-state index in [2.05, 4.69) is 26.1 Å². The van der Waals surface area contributed by atoms with Gasteiger partial charge >= 0.3 is 0 Å². The van der Waals surface area contributed by atoms with Gasteiger partial charge in [0.1, 0.15) is 11.6 Å². The molecule has 1 aromatic carbocycles. The van der Waals surface area contributed by atoms with Crippen LogP contribution >= 0.6 is 11.3 Å². The van der Waals surface area contributed by atoms with Crippen LogP contribution < -0.4 is 20.1 Å². The summed E-state index contributed by atoms with van der Waals surface area (Å²) in [7, 11) is 1.67. The molecule has 0 unspecified atom stereocenters. The number of benzene rings is 1. The van der Waals surface area contributed by atoms with Gasteiger partial charge < -0.3 is 14.5 Å². The molecule has 0 amide bonds. The topological polar surface area (TPSA) is 74.3 Å². The van der Waals surface area contributed by atoms with Crippen molar-refractivity contribution < 1.29 is 4.74 Å². The minimum Gasteiger partial charge on any atom is -0.497 e. The summed E-state index contributed by atoms with van der Waals surface area (Å²) in [4.78, 5) is 20.3. The molecular formula is C16H17N5O2S. The van der Waals surface area contributed by atoms with Gasteiger partial charge in [0.2, 0.25) is 0 Å². The van der Waals surface area contributed by atoms with Gasteiger partial charge in [-0.2, -0.15) is 5.10 Å². The van der Waals surface area contributed by atoms with E-state index in [1.807, 2.05) is 12.1 Å². The van der Waals surface area contributed by atoms with Crippen molar-refractivity contribution in [2.75, 3.05) is 43.1 Å². The number of nitrogens with zero attached hydrogens (tertiary/aromatic N) is 4. The van der Waals surface area contributed by atoms with Gasteiger partial charge in [0.05, 0.1) is 17.3 Å². The first-order valence-electron chi connectivity index (χ1n) is 7.73. The highest BCUT2D eigenvalue weighted by Crippen LogP contribution is 2.31. The van der Waals surface area contributed by atoms with Crippen molar-refractivity contribution in [1.29, 1.82) is 0 Å². The van der Waals surface area contributed by atoms with E-state index in [9.17, 15) is 4.79 Å². The number of thiazole rings is 1. The van der Waals surface area contributed by atoms with E-state index in [4.69, 9.17) is 9.72 Å². The Balaban J connectivity index is 1.49. The number of anilines is 2. The number of methoxy groups -OCH3 is 1. The first kappa shape index (κ1) is 14.9. The second-order valence-corrected chi connectivity index (χ2v) is 6.59. The average Bonchev–Trinajstić information content (AvgIpc) is 3.05. The fraction of sp³-hybridized carbons (Fsp3) is 0.312. The van der Waals surface area contributed by atoms with Crippen LogP contribution in [0.5, 0.6) is 5.75 Å². The lowest BCUT2D eigenvalue weighted by Crippen LogP contribution is -2.47. The van der Waals surface area contributed by atoms with Gasteiger partial charge in [-0.15, -0.1) is 0 Å². The molecule has 0 spiro atoms. The van der Waals surface area contributed by atoms with Crippen molar-refractivity contribution in [2.45, 2.75) is 0 Å². The molecule has 0 aliphatic carbocycles. The van der Waals surface area contributed by atoms with Gasteiger partial charge in [-0.1, -0.05) is 11.3 Å². The van der Waals surface area contributed by atoms with Crippen molar-refractivity contribution in [2.24, 2.45) is 0 Å². The molecule has 1 aliphatic rings. The van der Waals surface area contributed by atoms with Crippen LogP contribution in [-0.4, -0.2) is 48.5 Å². The third-order valence-electron chi connectivity index (χ3n) is 4.12. The predicted octanol–water partition coefficient (Wildman–Crippen LogP) is 1.71. The third kappa shape index (κ3) is 2.80. The maximum Gasteiger partial charge on any atom is 0.264 e. The largest absolute Gasteiger partial charge is 0.497 e. The number of ether oxygens (including phenoxy) is 1. The molecule has 1 fully saturated rings. The van der Waals surface area contributed by atoms with Crippen LogP contribution in [0.15, 0.2) is 35.1 Å². The van der Waals surface area contributed by atoms with Crippen molar-refractivity contribution in [3.8, 4) is 5.75 Å². The zero-order valence-corrected chi connectivity index (χ0v) is 14.0. The molecule has 7 nitrogen and oxygen atoms in total. The van der Waals surface area contributed by atoms with Crippen molar-refractivity contribution in [3.05, 3.63) is 40.7 Å². The average molecular weight is 343 g/mol. The number of hydrogen-bond donors (Lipinski definition) is 1. The van der Waals surface area contributed by atoms with E-state index >= 15 is 0 Å².